The molecule has 2 N–H and O–H groups in total. The Labute approximate surface area is 168 Å². The van der Waals surface area contributed by atoms with E-state index in [9.17, 15) is 4.79 Å². The highest BCUT2D eigenvalue weighted by molar-refractivity contribution is 8.01. The first kappa shape index (κ1) is 19.6. The van der Waals surface area contributed by atoms with Gasteiger partial charge in [0, 0.05) is 35.2 Å². The number of hydrogen-bond acceptors (Lipinski definition) is 4. The first-order valence-corrected chi connectivity index (χ1v) is 10.4. The van der Waals surface area contributed by atoms with E-state index in [4.69, 9.17) is 16.3 Å². The van der Waals surface area contributed by atoms with E-state index in [0.717, 1.165) is 35.3 Å². The molecule has 0 aliphatic carbocycles. The molecule has 0 radical (unpaired) electrons. The minimum atomic E-state index is -0.0282. The van der Waals surface area contributed by atoms with E-state index in [2.05, 4.69) is 28.9 Å². The van der Waals surface area contributed by atoms with Crippen molar-refractivity contribution in [1.82, 2.24) is 15.2 Å². The van der Waals surface area contributed by atoms with Crippen LogP contribution in [0.3, 0.4) is 0 Å². The zero-order valence-corrected chi connectivity index (χ0v) is 17.0. The topological polar surface area (TPSA) is 69.7 Å². The molecule has 1 fully saturated rings. The predicted molar refractivity (Wildman–Crippen MR) is 113 cm³/mol. The molecule has 2 amide bonds. The van der Waals surface area contributed by atoms with Crippen molar-refractivity contribution >= 4 is 47.0 Å². The van der Waals surface area contributed by atoms with Gasteiger partial charge in [0.1, 0.15) is 12.4 Å². The standard InChI is InChI=1S/C19H23ClN4O2S/c1-12-4-5-24(12)19(25)22-9-14-6-13-7-16(20)18(8-17(13)23-14)26-10-15(21-2)11-27-3/h6-8,11-12,23H,2,4-5,9-10H2,1,3H3,(H,22,25)/b15-11-. The summed E-state index contributed by atoms with van der Waals surface area (Å²) in [6.45, 7) is 7.15. The predicted octanol–water partition coefficient (Wildman–Crippen LogP) is 4.41. The average molecular weight is 407 g/mol. The molecule has 144 valence electrons. The first-order chi connectivity index (χ1) is 13.0. The number of aliphatic imine (C=N–C) groups is 1. The number of hydrogen-bond donors (Lipinski definition) is 2. The van der Waals surface area contributed by atoms with E-state index in [1.807, 2.05) is 34.8 Å². The smallest absolute Gasteiger partial charge is 0.317 e. The van der Waals surface area contributed by atoms with Gasteiger partial charge >= 0.3 is 6.03 Å². The quantitative estimate of drug-likeness (QED) is 0.669. The maximum atomic E-state index is 12.1. The Bertz CT molecular complexity index is 880. The van der Waals surface area contributed by atoms with Crippen LogP contribution >= 0.6 is 23.4 Å². The maximum Gasteiger partial charge on any atom is 0.317 e. The van der Waals surface area contributed by atoms with Crippen molar-refractivity contribution in [3.05, 3.63) is 40.0 Å². The molecule has 0 bridgehead atoms. The van der Waals surface area contributed by atoms with E-state index >= 15 is 0 Å². The molecule has 8 heteroatoms. The molecule has 2 heterocycles. The van der Waals surface area contributed by atoms with Gasteiger partial charge in [0.15, 0.2) is 0 Å². The number of thioether (sulfide) groups is 1. The number of ether oxygens (including phenoxy) is 1. The van der Waals surface area contributed by atoms with Crippen molar-refractivity contribution in [1.29, 1.82) is 0 Å². The van der Waals surface area contributed by atoms with Gasteiger partial charge in [0.2, 0.25) is 0 Å². The number of nitrogens with one attached hydrogen (secondary N) is 2. The second-order valence-electron chi connectivity index (χ2n) is 6.45. The van der Waals surface area contributed by atoms with Crippen molar-refractivity contribution in [3.63, 3.8) is 0 Å². The Kier molecular flexibility index (Phi) is 6.34. The fourth-order valence-electron chi connectivity index (χ4n) is 2.89. The Morgan fingerprint density at radius 1 is 1.56 bits per heavy atom. The molecular formula is C19H23ClN4O2S. The van der Waals surface area contributed by atoms with Crippen molar-refractivity contribution in [2.24, 2.45) is 4.99 Å². The third kappa shape index (κ3) is 4.59. The van der Waals surface area contributed by atoms with Crippen molar-refractivity contribution in [2.75, 3.05) is 19.4 Å². The minimum Gasteiger partial charge on any atom is -0.486 e. The summed E-state index contributed by atoms with van der Waals surface area (Å²) in [5, 5.41) is 6.32. The van der Waals surface area contributed by atoms with Gasteiger partial charge in [-0.3, -0.25) is 4.99 Å². The molecule has 1 aliphatic rings. The van der Waals surface area contributed by atoms with Gasteiger partial charge in [-0.05, 0) is 43.9 Å². The molecule has 1 aliphatic heterocycles. The lowest BCUT2D eigenvalue weighted by Gasteiger charge is -2.38. The molecule has 1 aromatic carbocycles. The van der Waals surface area contributed by atoms with Gasteiger partial charge in [-0.1, -0.05) is 11.6 Å². The van der Waals surface area contributed by atoms with Crippen molar-refractivity contribution < 1.29 is 9.53 Å². The number of H-pyrrole nitrogens is 1. The van der Waals surface area contributed by atoms with Crippen LogP contribution in [-0.2, 0) is 6.54 Å². The Hall–Kier alpha value is -2.12. The van der Waals surface area contributed by atoms with Crippen LogP contribution in [0.1, 0.15) is 19.0 Å². The number of aromatic amines is 1. The van der Waals surface area contributed by atoms with Crippen LogP contribution in [0.25, 0.3) is 10.9 Å². The van der Waals surface area contributed by atoms with Crippen LogP contribution in [0.4, 0.5) is 4.79 Å². The number of rotatable bonds is 7. The summed E-state index contributed by atoms with van der Waals surface area (Å²) in [5.74, 6) is 0.576. The highest BCUT2D eigenvalue weighted by Crippen LogP contribution is 2.31. The molecule has 0 saturated carbocycles. The van der Waals surface area contributed by atoms with Crippen LogP contribution in [0.2, 0.25) is 5.02 Å². The fourth-order valence-corrected chi connectivity index (χ4v) is 3.54. The van der Waals surface area contributed by atoms with Gasteiger partial charge in [0.05, 0.1) is 17.3 Å². The molecule has 6 nitrogen and oxygen atoms in total. The second kappa shape index (κ2) is 8.71. The second-order valence-corrected chi connectivity index (χ2v) is 7.56. The third-order valence-electron chi connectivity index (χ3n) is 4.57. The van der Waals surface area contributed by atoms with Crippen molar-refractivity contribution in [3.8, 4) is 5.75 Å². The van der Waals surface area contributed by atoms with Crippen LogP contribution < -0.4 is 10.1 Å². The molecule has 1 saturated heterocycles. The Balaban J connectivity index is 1.67. The zero-order chi connectivity index (χ0) is 19.4. The number of likely N-dealkylation sites (tertiary alicyclic amines) is 1. The molecule has 2 aromatic rings. The lowest BCUT2D eigenvalue weighted by atomic mass is 10.1. The highest BCUT2D eigenvalue weighted by Gasteiger charge is 2.27. The van der Waals surface area contributed by atoms with Gasteiger partial charge < -0.3 is 19.9 Å². The summed E-state index contributed by atoms with van der Waals surface area (Å²) in [5.41, 5.74) is 2.56. The number of halogens is 1. The van der Waals surface area contributed by atoms with E-state index in [-0.39, 0.29) is 6.03 Å². The fraction of sp³-hybridized carbons (Fsp3) is 0.368. The van der Waals surface area contributed by atoms with Crippen LogP contribution in [0, 0.1) is 0 Å². The average Bonchev–Trinajstić information content (AvgIpc) is 3.03. The molecule has 3 rings (SSSR count). The lowest BCUT2D eigenvalue weighted by Crippen LogP contribution is -2.53. The van der Waals surface area contributed by atoms with Gasteiger partial charge in [0.25, 0.3) is 0 Å². The maximum absolute atomic E-state index is 12.1. The lowest BCUT2D eigenvalue weighted by molar-refractivity contribution is 0.124. The molecule has 27 heavy (non-hydrogen) atoms. The van der Waals surface area contributed by atoms with Gasteiger partial charge in [-0.15, -0.1) is 11.8 Å². The van der Waals surface area contributed by atoms with Crippen molar-refractivity contribution in [2.45, 2.75) is 25.9 Å². The van der Waals surface area contributed by atoms with E-state index in [0.29, 0.717) is 30.0 Å². The number of carbonyl (C=O) groups excluding carboxylic acids is 1. The Morgan fingerprint density at radius 3 is 3.00 bits per heavy atom. The van der Waals surface area contributed by atoms with E-state index < -0.39 is 0 Å². The van der Waals surface area contributed by atoms with E-state index in [1.54, 1.807) is 11.8 Å². The number of benzene rings is 1. The molecule has 1 atom stereocenters. The van der Waals surface area contributed by atoms with Crippen LogP contribution in [0.5, 0.6) is 5.75 Å². The monoisotopic (exact) mass is 406 g/mol. The molecule has 1 aromatic heterocycles. The normalized spacial score (nSPS) is 16.9. The highest BCUT2D eigenvalue weighted by atomic mass is 35.5. The zero-order valence-electron chi connectivity index (χ0n) is 15.4. The third-order valence-corrected chi connectivity index (χ3v) is 5.38. The molecular weight excluding hydrogens is 384 g/mol. The molecule has 1 unspecified atom stereocenters. The summed E-state index contributed by atoms with van der Waals surface area (Å²) < 4.78 is 5.78. The largest absolute Gasteiger partial charge is 0.486 e. The first-order valence-electron chi connectivity index (χ1n) is 8.68. The summed E-state index contributed by atoms with van der Waals surface area (Å²) in [7, 11) is 0. The summed E-state index contributed by atoms with van der Waals surface area (Å²) in [4.78, 5) is 21.2. The Morgan fingerprint density at radius 2 is 2.37 bits per heavy atom. The minimum absolute atomic E-state index is 0.0282. The number of fused-ring (bicyclic) bond motifs is 1. The summed E-state index contributed by atoms with van der Waals surface area (Å²) >= 11 is 7.88. The van der Waals surface area contributed by atoms with Crippen LogP contribution in [-0.4, -0.2) is 48.1 Å². The number of urea groups is 1. The van der Waals surface area contributed by atoms with Gasteiger partial charge in [-0.2, -0.15) is 0 Å². The summed E-state index contributed by atoms with van der Waals surface area (Å²) in [6, 6.07) is 5.99. The van der Waals surface area contributed by atoms with Gasteiger partial charge in [-0.25, -0.2) is 4.79 Å². The molecule has 0 spiro atoms. The van der Waals surface area contributed by atoms with E-state index in [1.165, 1.54) is 0 Å². The summed E-state index contributed by atoms with van der Waals surface area (Å²) in [6.07, 6.45) is 3.02. The number of aromatic nitrogens is 1. The van der Waals surface area contributed by atoms with Crippen LogP contribution in [0.15, 0.2) is 34.3 Å². The SMILES string of the molecule is C=N/C(=C\SC)COc1cc2[nH]c(CNC(=O)N3CCC3C)cc2cc1Cl. The number of carbonyl (C=O) groups is 1. The number of amides is 2. The number of nitrogens with zero attached hydrogens (tertiary/aromatic N) is 2.